The van der Waals surface area contributed by atoms with Crippen molar-refractivity contribution in [2.24, 2.45) is 10.9 Å². The van der Waals surface area contributed by atoms with Crippen molar-refractivity contribution < 1.29 is 4.79 Å². The van der Waals surface area contributed by atoms with Crippen LogP contribution in [0.5, 0.6) is 0 Å². The van der Waals surface area contributed by atoms with Gasteiger partial charge in [0.2, 0.25) is 5.91 Å². The molecule has 2 aromatic rings. The van der Waals surface area contributed by atoms with E-state index in [1.807, 2.05) is 50.2 Å². The molecule has 1 atom stereocenters. The molecule has 0 aliphatic carbocycles. The normalized spacial score (nSPS) is 16.0. The molecule has 3 rings (SSSR count). The van der Waals surface area contributed by atoms with E-state index >= 15 is 0 Å². The molecule has 1 aliphatic heterocycles. The Morgan fingerprint density at radius 3 is 2.84 bits per heavy atom. The van der Waals surface area contributed by atoms with Crippen LogP contribution < -0.4 is 20.9 Å². The Morgan fingerprint density at radius 2 is 2.12 bits per heavy atom. The summed E-state index contributed by atoms with van der Waals surface area (Å²) >= 11 is 6.28. The van der Waals surface area contributed by atoms with Gasteiger partial charge in [0.15, 0.2) is 5.96 Å². The molecule has 1 aliphatic rings. The molecule has 0 saturated carbocycles. The first-order valence-corrected chi connectivity index (χ1v) is 11.0. The van der Waals surface area contributed by atoms with Crippen LogP contribution in [0.1, 0.15) is 32.3 Å². The van der Waals surface area contributed by atoms with Crippen LogP contribution in [0.3, 0.4) is 0 Å². The highest BCUT2D eigenvalue weighted by Gasteiger charge is 2.25. The number of benzene rings is 1. The Morgan fingerprint density at radius 1 is 1.31 bits per heavy atom. The Labute approximate surface area is 212 Å². The van der Waals surface area contributed by atoms with Gasteiger partial charge in [-0.05, 0) is 42.2 Å². The van der Waals surface area contributed by atoms with Crippen molar-refractivity contribution in [3.8, 4) is 0 Å². The summed E-state index contributed by atoms with van der Waals surface area (Å²) in [7, 11) is 1.76. The maximum Gasteiger partial charge on any atom is 0.224 e. The minimum Gasteiger partial charge on any atom is -0.353 e. The predicted molar refractivity (Wildman–Crippen MR) is 143 cm³/mol. The standard InChI is InChI=1S/C23H31ClN6O.HI/c1-16(2)12-21(31)28-18-7-4-6-17(13-18)14-27-23(25-3)29-19-9-11-30(15-19)22-20(24)8-5-10-26-22;/h4-8,10,13,16,19H,9,11-12,14-15H2,1-3H3,(H,28,31)(H2,25,27,29);1H. The lowest BCUT2D eigenvalue weighted by atomic mass is 10.1. The maximum absolute atomic E-state index is 12.0. The summed E-state index contributed by atoms with van der Waals surface area (Å²) in [5, 5.41) is 10.5. The monoisotopic (exact) mass is 570 g/mol. The van der Waals surface area contributed by atoms with Gasteiger partial charge in [-0.2, -0.15) is 0 Å². The second kappa shape index (κ2) is 12.8. The molecule has 1 unspecified atom stereocenters. The molecule has 1 amide bonds. The van der Waals surface area contributed by atoms with Crippen LogP contribution in [0.4, 0.5) is 11.5 Å². The minimum atomic E-state index is 0. The second-order valence-electron chi connectivity index (χ2n) is 8.16. The zero-order chi connectivity index (χ0) is 22.2. The van der Waals surface area contributed by atoms with Crippen molar-refractivity contribution in [3.05, 3.63) is 53.2 Å². The largest absolute Gasteiger partial charge is 0.353 e. The van der Waals surface area contributed by atoms with Gasteiger partial charge >= 0.3 is 0 Å². The molecule has 0 bridgehead atoms. The van der Waals surface area contributed by atoms with Crippen LogP contribution in [0.2, 0.25) is 5.02 Å². The zero-order valence-electron chi connectivity index (χ0n) is 18.8. The molecular weight excluding hydrogens is 539 g/mol. The first kappa shape index (κ1) is 26.2. The molecular formula is C23H32ClIN6O. The average Bonchev–Trinajstić information content (AvgIpc) is 3.19. The predicted octanol–water partition coefficient (Wildman–Crippen LogP) is 4.28. The lowest BCUT2D eigenvalue weighted by molar-refractivity contribution is -0.116. The van der Waals surface area contributed by atoms with Crippen molar-refractivity contribution in [1.29, 1.82) is 0 Å². The summed E-state index contributed by atoms with van der Waals surface area (Å²) in [6, 6.07) is 11.8. The third-order valence-electron chi connectivity index (χ3n) is 5.06. The minimum absolute atomic E-state index is 0. The molecule has 9 heteroatoms. The van der Waals surface area contributed by atoms with Crippen LogP contribution in [0.15, 0.2) is 47.6 Å². The van der Waals surface area contributed by atoms with Gasteiger partial charge in [0.05, 0.1) is 5.02 Å². The number of guanidine groups is 1. The van der Waals surface area contributed by atoms with Gasteiger partial charge < -0.3 is 20.9 Å². The van der Waals surface area contributed by atoms with Gasteiger partial charge in [-0.3, -0.25) is 9.79 Å². The van der Waals surface area contributed by atoms with E-state index in [1.165, 1.54) is 0 Å². The van der Waals surface area contributed by atoms with E-state index < -0.39 is 0 Å². The molecule has 0 spiro atoms. The number of amides is 1. The number of carbonyl (C=O) groups is 1. The van der Waals surface area contributed by atoms with Gasteiger partial charge in [-0.1, -0.05) is 37.6 Å². The van der Waals surface area contributed by atoms with E-state index in [0.717, 1.165) is 42.5 Å². The summed E-state index contributed by atoms with van der Waals surface area (Å²) in [4.78, 5) is 23.0. The van der Waals surface area contributed by atoms with Gasteiger partial charge in [0.25, 0.3) is 0 Å². The van der Waals surface area contributed by atoms with E-state index in [4.69, 9.17) is 11.6 Å². The van der Waals surface area contributed by atoms with Crippen LogP contribution in [0.25, 0.3) is 0 Å². The van der Waals surface area contributed by atoms with Crippen molar-refractivity contribution in [2.45, 2.75) is 39.3 Å². The second-order valence-corrected chi connectivity index (χ2v) is 8.56. The highest BCUT2D eigenvalue weighted by Crippen LogP contribution is 2.25. The number of aliphatic imine (C=N–C) groups is 1. The zero-order valence-corrected chi connectivity index (χ0v) is 21.9. The molecule has 32 heavy (non-hydrogen) atoms. The van der Waals surface area contributed by atoms with E-state index in [9.17, 15) is 4.79 Å². The van der Waals surface area contributed by atoms with Crippen LogP contribution in [-0.2, 0) is 11.3 Å². The molecule has 1 saturated heterocycles. The number of halogens is 2. The number of aromatic nitrogens is 1. The van der Waals surface area contributed by atoms with Crippen LogP contribution in [-0.4, -0.2) is 43.0 Å². The number of hydrogen-bond donors (Lipinski definition) is 3. The first-order chi connectivity index (χ1) is 14.9. The number of carbonyl (C=O) groups excluding carboxylic acids is 1. The van der Waals surface area contributed by atoms with Crippen molar-refractivity contribution in [2.75, 3.05) is 30.4 Å². The SMILES string of the molecule is CN=C(NCc1cccc(NC(=O)CC(C)C)c1)NC1CCN(c2ncccc2Cl)C1.I. The summed E-state index contributed by atoms with van der Waals surface area (Å²) in [6.07, 6.45) is 3.26. The molecule has 3 N–H and O–H groups in total. The Balaban J connectivity index is 0.00000363. The fraction of sp³-hybridized carbons (Fsp3) is 0.435. The number of nitrogens with one attached hydrogen (secondary N) is 3. The summed E-state index contributed by atoms with van der Waals surface area (Å²) in [6.45, 7) is 6.38. The molecule has 2 heterocycles. The summed E-state index contributed by atoms with van der Waals surface area (Å²) < 4.78 is 0. The number of anilines is 2. The lowest BCUT2D eigenvalue weighted by Crippen LogP contribution is -2.44. The van der Waals surface area contributed by atoms with E-state index in [0.29, 0.717) is 23.9 Å². The molecule has 1 aromatic heterocycles. The Hall–Kier alpha value is -2.07. The smallest absolute Gasteiger partial charge is 0.224 e. The topological polar surface area (TPSA) is 81.6 Å². The summed E-state index contributed by atoms with van der Waals surface area (Å²) in [5.74, 6) is 1.94. The quantitative estimate of drug-likeness (QED) is 0.263. The summed E-state index contributed by atoms with van der Waals surface area (Å²) in [5.41, 5.74) is 1.88. The molecule has 174 valence electrons. The van der Waals surface area contributed by atoms with E-state index in [1.54, 1.807) is 13.2 Å². The van der Waals surface area contributed by atoms with Gasteiger partial charge in [0, 0.05) is 51.0 Å². The van der Waals surface area contributed by atoms with E-state index in [-0.39, 0.29) is 35.9 Å². The van der Waals surface area contributed by atoms with Gasteiger partial charge in [-0.15, -0.1) is 24.0 Å². The number of nitrogens with zero attached hydrogens (tertiary/aromatic N) is 3. The van der Waals surface area contributed by atoms with Gasteiger partial charge in [0.1, 0.15) is 5.82 Å². The Bertz CT molecular complexity index is 923. The third-order valence-corrected chi connectivity index (χ3v) is 5.35. The third kappa shape index (κ3) is 7.81. The fourth-order valence-corrected chi connectivity index (χ4v) is 3.84. The Kier molecular flexibility index (Phi) is 10.5. The highest BCUT2D eigenvalue weighted by molar-refractivity contribution is 14.0. The number of rotatable bonds is 7. The van der Waals surface area contributed by atoms with Gasteiger partial charge in [-0.25, -0.2) is 4.98 Å². The van der Waals surface area contributed by atoms with Crippen LogP contribution in [0, 0.1) is 5.92 Å². The van der Waals surface area contributed by atoms with Crippen LogP contribution >= 0.6 is 35.6 Å². The number of hydrogen-bond acceptors (Lipinski definition) is 4. The highest BCUT2D eigenvalue weighted by atomic mass is 127. The maximum atomic E-state index is 12.0. The lowest BCUT2D eigenvalue weighted by Gasteiger charge is -2.20. The van der Waals surface area contributed by atoms with Crippen molar-refractivity contribution in [1.82, 2.24) is 15.6 Å². The first-order valence-electron chi connectivity index (χ1n) is 10.7. The van der Waals surface area contributed by atoms with E-state index in [2.05, 4.69) is 30.8 Å². The fourth-order valence-electron chi connectivity index (χ4n) is 3.60. The molecule has 0 radical (unpaired) electrons. The molecule has 1 aromatic carbocycles. The van der Waals surface area contributed by atoms with Crippen molar-refractivity contribution >= 4 is 58.9 Å². The van der Waals surface area contributed by atoms with Crippen molar-refractivity contribution in [3.63, 3.8) is 0 Å². The average molecular weight is 571 g/mol. The molecule has 1 fully saturated rings. The molecule has 7 nitrogen and oxygen atoms in total. The number of pyridine rings is 1.